The van der Waals surface area contributed by atoms with Crippen LogP contribution in [0.4, 0.5) is 0 Å². The Balaban J connectivity index is 2.67. The SMILES string of the molecule is COCCCn1c(=C(C#N)C#N)sc(=Cc2sccc2C)c1=O. The normalized spacial score (nSPS) is 11.2. The molecular weight excluding hydrogens is 330 g/mol. The molecule has 0 unspecified atom stereocenters. The third kappa shape index (κ3) is 3.77. The lowest BCUT2D eigenvalue weighted by atomic mass is 10.3. The fourth-order valence-corrected chi connectivity index (χ4v) is 4.04. The van der Waals surface area contributed by atoms with Crippen LogP contribution in [0.15, 0.2) is 16.2 Å². The molecule has 0 amide bonds. The number of ether oxygens (including phenoxy) is 1. The summed E-state index contributed by atoms with van der Waals surface area (Å²) in [6.07, 6.45) is 2.47. The zero-order valence-corrected chi connectivity index (χ0v) is 14.5. The van der Waals surface area contributed by atoms with E-state index in [0.717, 1.165) is 10.4 Å². The summed E-state index contributed by atoms with van der Waals surface area (Å²) in [6, 6.07) is 5.74. The summed E-state index contributed by atoms with van der Waals surface area (Å²) >= 11 is 2.74. The van der Waals surface area contributed by atoms with Gasteiger partial charge in [-0.15, -0.1) is 22.7 Å². The molecule has 0 saturated carbocycles. The van der Waals surface area contributed by atoms with Crippen molar-refractivity contribution < 1.29 is 4.74 Å². The van der Waals surface area contributed by atoms with Crippen molar-refractivity contribution in [2.75, 3.05) is 13.7 Å². The summed E-state index contributed by atoms with van der Waals surface area (Å²) in [6.45, 7) is 2.91. The number of hydrogen-bond acceptors (Lipinski definition) is 6. The molecule has 0 radical (unpaired) electrons. The summed E-state index contributed by atoms with van der Waals surface area (Å²) in [7, 11) is 1.60. The number of hydrogen-bond donors (Lipinski definition) is 0. The van der Waals surface area contributed by atoms with Gasteiger partial charge in [0, 0.05) is 25.1 Å². The second-order valence-corrected chi connectivity index (χ2v) is 6.76. The minimum absolute atomic E-state index is 0.0351. The van der Waals surface area contributed by atoms with Gasteiger partial charge in [0.05, 0.1) is 4.53 Å². The van der Waals surface area contributed by atoms with Crippen LogP contribution < -0.4 is 14.8 Å². The van der Waals surface area contributed by atoms with Gasteiger partial charge in [0.15, 0.2) is 5.57 Å². The predicted molar refractivity (Wildman–Crippen MR) is 91.6 cm³/mol. The standard InChI is InChI=1S/C16H15N3O2S2/c1-11-4-7-22-13(11)8-14-15(20)19(5-3-6-21-2)16(23-14)12(9-17)10-18/h4,7-8H,3,5-6H2,1-2H3. The maximum atomic E-state index is 12.6. The molecule has 0 aliphatic heterocycles. The Labute approximate surface area is 141 Å². The molecule has 0 atom stereocenters. The van der Waals surface area contributed by atoms with Crippen molar-refractivity contribution >= 4 is 34.3 Å². The third-order valence-electron chi connectivity index (χ3n) is 3.24. The van der Waals surface area contributed by atoms with Crippen LogP contribution in [0.3, 0.4) is 0 Å². The highest BCUT2D eigenvalue weighted by molar-refractivity contribution is 7.11. The lowest BCUT2D eigenvalue weighted by molar-refractivity contribution is 0.190. The smallest absolute Gasteiger partial charge is 0.269 e. The first-order valence-corrected chi connectivity index (χ1v) is 8.61. The predicted octanol–water partition coefficient (Wildman–Crippen LogP) is 1.34. The van der Waals surface area contributed by atoms with Gasteiger partial charge < -0.3 is 4.74 Å². The van der Waals surface area contributed by atoms with Crippen molar-refractivity contribution in [3.63, 3.8) is 0 Å². The topological polar surface area (TPSA) is 78.8 Å². The number of rotatable bonds is 5. The molecule has 2 aromatic heterocycles. The van der Waals surface area contributed by atoms with Crippen LogP contribution in [0, 0.1) is 29.6 Å². The number of thiophene rings is 1. The number of methoxy groups -OCH3 is 1. The average molecular weight is 345 g/mol. The van der Waals surface area contributed by atoms with Crippen molar-refractivity contribution in [1.29, 1.82) is 10.5 Å². The van der Waals surface area contributed by atoms with Gasteiger partial charge in [0.25, 0.3) is 5.56 Å². The van der Waals surface area contributed by atoms with Crippen LogP contribution in [0.5, 0.6) is 0 Å². The van der Waals surface area contributed by atoms with Gasteiger partial charge in [-0.25, -0.2) is 0 Å². The molecule has 2 heterocycles. The van der Waals surface area contributed by atoms with Crippen molar-refractivity contribution in [3.05, 3.63) is 41.4 Å². The second kappa shape index (κ2) is 7.89. The quantitative estimate of drug-likeness (QED) is 0.766. The van der Waals surface area contributed by atoms with E-state index in [1.807, 2.05) is 36.6 Å². The molecule has 0 aromatic carbocycles. The Morgan fingerprint density at radius 1 is 1.43 bits per heavy atom. The highest BCUT2D eigenvalue weighted by atomic mass is 32.1. The zero-order valence-electron chi connectivity index (χ0n) is 12.8. The van der Waals surface area contributed by atoms with E-state index < -0.39 is 0 Å². The van der Waals surface area contributed by atoms with Crippen molar-refractivity contribution in [2.45, 2.75) is 19.9 Å². The first-order valence-electron chi connectivity index (χ1n) is 6.91. The maximum Gasteiger partial charge on any atom is 0.269 e. The zero-order chi connectivity index (χ0) is 16.8. The van der Waals surface area contributed by atoms with Gasteiger partial charge in [-0.05, 0) is 36.4 Å². The summed E-state index contributed by atoms with van der Waals surface area (Å²) in [5.74, 6) is 0. The van der Waals surface area contributed by atoms with Gasteiger partial charge in [-0.2, -0.15) is 10.5 Å². The van der Waals surface area contributed by atoms with E-state index in [4.69, 9.17) is 15.3 Å². The molecule has 23 heavy (non-hydrogen) atoms. The number of nitriles is 2. The average Bonchev–Trinajstić information content (AvgIpc) is 3.08. The Kier molecular flexibility index (Phi) is 5.89. The van der Waals surface area contributed by atoms with Crippen molar-refractivity contribution in [1.82, 2.24) is 4.57 Å². The van der Waals surface area contributed by atoms with Crippen LogP contribution in [0.1, 0.15) is 16.9 Å². The lowest BCUT2D eigenvalue weighted by Crippen LogP contribution is -2.32. The minimum Gasteiger partial charge on any atom is -0.385 e. The molecule has 118 valence electrons. The minimum atomic E-state index is -0.170. The van der Waals surface area contributed by atoms with E-state index in [9.17, 15) is 4.79 Å². The molecule has 0 N–H and O–H groups in total. The molecule has 2 aromatic rings. The molecule has 0 spiro atoms. The summed E-state index contributed by atoms with van der Waals surface area (Å²) in [5, 5.41) is 20.2. The van der Waals surface area contributed by atoms with E-state index in [1.165, 1.54) is 15.9 Å². The van der Waals surface area contributed by atoms with Crippen molar-refractivity contribution in [2.24, 2.45) is 0 Å². The molecule has 7 heteroatoms. The third-order valence-corrected chi connectivity index (χ3v) is 5.34. The van der Waals surface area contributed by atoms with E-state index in [-0.39, 0.29) is 11.1 Å². The van der Waals surface area contributed by atoms with E-state index in [1.54, 1.807) is 18.4 Å². The highest BCUT2D eigenvalue weighted by Gasteiger charge is 2.09. The van der Waals surface area contributed by atoms with Crippen LogP contribution in [0.2, 0.25) is 0 Å². The first-order chi connectivity index (χ1) is 11.1. The van der Waals surface area contributed by atoms with Crippen LogP contribution in [0.25, 0.3) is 11.6 Å². The van der Waals surface area contributed by atoms with Crippen LogP contribution in [-0.4, -0.2) is 18.3 Å². The lowest BCUT2D eigenvalue weighted by Gasteiger charge is -2.01. The summed E-state index contributed by atoms with van der Waals surface area (Å²) in [4.78, 5) is 13.6. The van der Waals surface area contributed by atoms with Crippen molar-refractivity contribution in [3.8, 4) is 12.1 Å². The van der Waals surface area contributed by atoms with Gasteiger partial charge in [-0.1, -0.05) is 0 Å². The van der Waals surface area contributed by atoms with Crippen LogP contribution in [-0.2, 0) is 11.3 Å². The van der Waals surface area contributed by atoms with Crippen LogP contribution >= 0.6 is 22.7 Å². The molecule has 0 bridgehead atoms. The second-order valence-electron chi connectivity index (χ2n) is 4.79. The summed E-state index contributed by atoms with van der Waals surface area (Å²) in [5.41, 5.74) is 0.893. The van der Waals surface area contributed by atoms with Gasteiger partial charge >= 0.3 is 0 Å². The Morgan fingerprint density at radius 3 is 2.74 bits per heavy atom. The molecule has 5 nitrogen and oxygen atoms in total. The van der Waals surface area contributed by atoms with Gasteiger partial charge in [0.1, 0.15) is 16.8 Å². The number of thiazole rings is 1. The Morgan fingerprint density at radius 2 is 2.17 bits per heavy atom. The number of aromatic nitrogens is 1. The van der Waals surface area contributed by atoms with Gasteiger partial charge in [0.2, 0.25) is 0 Å². The van der Waals surface area contributed by atoms with E-state index in [0.29, 0.717) is 28.8 Å². The maximum absolute atomic E-state index is 12.6. The molecule has 0 aliphatic carbocycles. The monoisotopic (exact) mass is 345 g/mol. The molecule has 2 rings (SSSR count). The fourth-order valence-electron chi connectivity index (χ4n) is 2.05. The molecule has 0 fully saturated rings. The highest BCUT2D eigenvalue weighted by Crippen LogP contribution is 2.15. The molecule has 0 saturated heterocycles. The largest absolute Gasteiger partial charge is 0.385 e. The Bertz CT molecular complexity index is 935. The van der Waals surface area contributed by atoms with E-state index >= 15 is 0 Å². The van der Waals surface area contributed by atoms with Gasteiger partial charge in [-0.3, -0.25) is 9.36 Å². The fraction of sp³-hybridized carbons (Fsp3) is 0.312. The summed E-state index contributed by atoms with van der Waals surface area (Å²) < 4.78 is 7.46. The first kappa shape index (κ1) is 17.2. The van der Waals surface area contributed by atoms with E-state index in [2.05, 4.69) is 0 Å². The molecular formula is C16H15N3O2S2. The molecule has 0 aliphatic rings. The number of aryl methyl sites for hydroxylation is 1. The Hall–Kier alpha value is -2.19. The number of nitrogens with zero attached hydrogens (tertiary/aromatic N) is 3.